The molecule has 70 valence electrons. The zero-order valence-corrected chi connectivity index (χ0v) is 7.05. The minimum Gasteiger partial charge on any atom is -0.318 e. The van der Waals surface area contributed by atoms with Crippen LogP contribution in [-0.4, -0.2) is 5.78 Å². The molecular weight excluding hydrogens is 176 g/mol. The van der Waals surface area contributed by atoms with Crippen molar-refractivity contribution in [3.8, 4) is 0 Å². The number of carbonyl (C=O) groups excluding carboxylic acids is 1. The minimum absolute atomic E-state index is 0.157. The van der Waals surface area contributed by atoms with Crippen LogP contribution in [0.4, 0.5) is 8.78 Å². The Morgan fingerprint density at radius 1 is 1.31 bits per heavy atom. The van der Waals surface area contributed by atoms with Gasteiger partial charge < -0.3 is 5.73 Å². The Kier molecular flexibility index (Phi) is 2.72. The van der Waals surface area contributed by atoms with Gasteiger partial charge in [0.1, 0.15) is 11.6 Å². The van der Waals surface area contributed by atoms with E-state index < -0.39 is 17.7 Å². The van der Waals surface area contributed by atoms with Crippen molar-refractivity contribution in [2.45, 2.75) is 13.0 Å². The predicted molar refractivity (Wildman–Crippen MR) is 44.0 cm³/mol. The maximum absolute atomic E-state index is 12.6. The number of nitrogens with two attached hydrogens (primary N) is 1. The Bertz CT molecular complexity index is 318. The van der Waals surface area contributed by atoms with E-state index in [1.165, 1.54) is 6.92 Å². The van der Waals surface area contributed by atoms with Crippen LogP contribution in [-0.2, 0) is 4.79 Å². The summed E-state index contributed by atoms with van der Waals surface area (Å²) in [5, 5.41) is 0. The maximum atomic E-state index is 12.6. The molecule has 0 fully saturated rings. The Morgan fingerprint density at radius 3 is 2.15 bits per heavy atom. The molecule has 2 nitrogen and oxygen atoms in total. The first kappa shape index (κ1) is 9.80. The van der Waals surface area contributed by atoms with E-state index in [4.69, 9.17) is 5.73 Å². The third-order valence-corrected chi connectivity index (χ3v) is 1.68. The quantitative estimate of drug-likeness (QED) is 0.759. The van der Waals surface area contributed by atoms with E-state index >= 15 is 0 Å². The van der Waals surface area contributed by atoms with Crippen LogP contribution in [0.2, 0.25) is 0 Å². The molecule has 1 aromatic carbocycles. The van der Waals surface area contributed by atoms with Crippen LogP contribution in [0.25, 0.3) is 0 Å². The largest absolute Gasteiger partial charge is 0.318 e. The summed E-state index contributed by atoms with van der Waals surface area (Å²) in [5.41, 5.74) is 5.55. The monoisotopic (exact) mass is 185 g/mol. The van der Waals surface area contributed by atoms with Crippen LogP contribution in [0.3, 0.4) is 0 Å². The Hall–Kier alpha value is -1.29. The van der Waals surface area contributed by atoms with Crippen molar-refractivity contribution in [3.05, 3.63) is 35.4 Å². The van der Waals surface area contributed by atoms with Crippen molar-refractivity contribution in [1.29, 1.82) is 0 Å². The van der Waals surface area contributed by atoms with E-state index in [0.29, 0.717) is 0 Å². The molecule has 0 spiro atoms. The lowest BCUT2D eigenvalue weighted by molar-refractivity contribution is -0.118. The molecule has 0 amide bonds. The number of ketones is 1. The van der Waals surface area contributed by atoms with E-state index in [1.54, 1.807) is 0 Å². The van der Waals surface area contributed by atoms with E-state index in [0.717, 1.165) is 18.2 Å². The first-order chi connectivity index (χ1) is 6.00. The fourth-order valence-corrected chi connectivity index (χ4v) is 0.989. The highest BCUT2D eigenvalue weighted by atomic mass is 19.1. The summed E-state index contributed by atoms with van der Waals surface area (Å²) in [6.45, 7) is 1.27. The minimum atomic E-state index is -0.954. The van der Waals surface area contributed by atoms with Gasteiger partial charge in [-0.2, -0.15) is 0 Å². The van der Waals surface area contributed by atoms with E-state index in [2.05, 4.69) is 0 Å². The van der Waals surface area contributed by atoms with Crippen LogP contribution in [0.1, 0.15) is 18.5 Å². The number of carbonyl (C=O) groups is 1. The molecule has 0 heterocycles. The van der Waals surface area contributed by atoms with E-state index in [9.17, 15) is 13.6 Å². The number of Topliss-reactive ketones (excluding diaryl/α,β-unsaturated/α-hetero) is 1. The maximum Gasteiger partial charge on any atom is 0.150 e. The highest BCUT2D eigenvalue weighted by Crippen LogP contribution is 2.14. The summed E-state index contributed by atoms with van der Waals surface area (Å²) >= 11 is 0. The number of benzene rings is 1. The summed E-state index contributed by atoms with van der Waals surface area (Å²) in [7, 11) is 0. The van der Waals surface area contributed by atoms with Gasteiger partial charge in [0.25, 0.3) is 0 Å². The summed E-state index contributed by atoms with van der Waals surface area (Å²) in [4.78, 5) is 10.8. The second kappa shape index (κ2) is 3.62. The van der Waals surface area contributed by atoms with Gasteiger partial charge in [-0.25, -0.2) is 8.78 Å². The molecule has 4 heteroatoms. The third-order valence-electron chi connectivity index (χ3n) is 1.68. The van der Waals surface area contributed by atoms with Gasteiger partial charge in [0.15, 0.2) is 5.78 Å². The van der Waals surface area contributed by atoms with Crippen molar-refractivity contribution in [3.63, 3.8) is 0 Å². The SMILES string of the molecule is CC(=O)C(N)c1cc(F)cc(F)c1. The topological polar surface area (TPSA) is 43.1 Å². The van der Waals surface area contributed by atoms with Crippen LogP contribution in [0.5, 0.6) is 0 Å². The standard InChI is InChI=1S/C9H9F2NO/c1-5(13)9(12)6-2-7(10)4-8(11)3-6/h2-4,9H,12H2,1H3. The van der Waals surface area contributed by atoms with Crippen LogP contribution >= 0.6 is 0 Å². The molecule has 2 N–H and O–H groups in total. The fraction of sp³-hybridized carbons (Fsp3) is 0.222. The number of halogens is 2. The molecule has 0 aliphatic heterocycles. The first-order valence-corrected chi connectivity index (χ1v) is 3.72. The fourth-order valence-electron chi connectivity index (χ4n) is 0.989. The molecule has 1 atom stereocenters. The van der Waals surface area contributed by atoms with Crippen LogP contribution in [0.15, 0.2) is 18.2 Å². The molecule has 0 aliphatic rings. The summed E-state index contributed by atoms with van der Waals surface area (Å²) in [6, 6.07) is 1.88. The molecule has 1 aromatic rings. The second-order valence-corrected chi connectivity index (χ2v) is 2.79. The number of hydrogen-bond donors (Lipinski definition) is 1. The Labute approximate surface area is 74.4 Å². The molecule has 0 radical (unpaired) electrons. The van der Waals surface area contributed by atoms with Gasteiger partial charge in [-0.05, 0) is 24.6 Å². The predicted octanol–water partition coefficient (Wildman–Crippen LogP) is 1.55. The van der Waals surface area contributed by atoms with Crippen LogP contribution in [0, 0.1) is 11.6 Å². The molecule has 1 unspecified atom stereocenters. The molecule has 0 aliphatic carbocycles. The zero-order valence-electron chi connectivity index (χ0n) is 7.05. The lowest BCUT2D eigenvalue weighted by Crippen LogP contribution is -2.18. The van der Waals surface area contributed by atoms with Crippen molar-refractivity contribution >= 4 is 5.78 Å². The van der Waals surface area contributed by atoms with Gasteiger partial charge in [-0.3, -0.25) is 4.79 Å². The number of hydrogen-bond acceptors (Lipinski definition) is 2. The lowest BCUT2D eigenvalue weighted by Gasteiger charge is -2.07. The van der Waals surface area contributed by atoms with Crippen molar-refractivity contribution in [1.82, 2.24) is 0 Å². The van der Waals surface area contributed by atoms with Crippen molar-refractivity contribution in [2.75, 3.05) is 0 Å². The summed E-state index contributed by atoms with van der Waals surface area (Å²) in [6.07, 6.45) is 0. The summed E-state index contributed by atoms with van der Waals surface area (Å²) in [5.74, 6) is -1.79. The highest BCUT2D eigenvalue weighted by Gasteiger charge is 2.12. The smallest absolute Gasteiger partial charge is 0.150 e. The second-order valence-electron chi connectivity index (χ2n) is 2.79. The molecule has 0 saturated carbocycles. The normalized spacial score (nSPS) is 12.6. The Balaban J connectivity index is 3.07. The molecule has 0 saturated heterocycles. The van der Waals surface area contributed by atoms with Crippen molar-refractivity contribution in [2.24, 2.45) is 5.73 Å². The van der Waals surface area contributed by atoms with Gasteiger partial charge in [-0.15, -0.1) is 0 Å². The molecular formula is C9H9F2NO. The van der Waals surface area contributed by atoms with Gasteiger partial charge >= 0.3 is 0 Å². The van der Waals surface area contributed by atoms with E-state index in [-0.39, 0.29) is 11.3 Å². The first-order valence-electron chi connectivity index (χ1n) is 3.72. The zero-order chi connectivity index (χ0) is 10.0. The average molecular weight is 185 g/mol. The molecule has 0 bridgehead atoms. The van der Waals surface area contributed by atoms with Gasteiger partial charge in [0, 0.05) is 6.07 Å². The third kappa shape index (κ3) is 2.32. The van der Waals surface area contributed by atoms with Crippen LogP contribution < -0.4 is 5.73 Å². The molecule has 0 aromatic heterocycles. The number of rotatable bonds is 2. The van der Waals surface area contributed by atoms with E-state index in [1.807, 2.05) is 0 Å². The lowest BCUT2D eigenvalue weighted by atomic mass is 10.0. The Morgan fingerprint density at radius 2 is 1.77 bits per heavy atom. The van der Waals surface area contributed by atoms with Gasteiger partial charge in [0.05, 0.1) is 6.04 Å². The van der Waals surface area contributed by atoms with Crippen molar-refractivity contribution < 1.29 is 13.6 Å². The highest BCUT2D eigenvalue weighted by molar-refractivity contribution is 5.82. The summed E-state index contributed by atoms with van der Waals surface area (Å²) < 4.78 is 25.3. The van der Waals surface area contributed by atoms with Gasteiger partial charge in [-0.1, -0.05) is 0 Å². The average Bonchev–Trinajstić information content (AvgIpc) is 2.01. The molecule has 1 rings (SSSR count). The molecule has 13 heavy (non-hydrogen) atoms. The van der Waals surface area contributed by atoms with Gasteiger partial charge in [0.2, 0.25) is 0 Å².